The van der Waals surface area contributed by atoms with Gasteiger partial charge in [0.2, 0.25) is 0 Å². The molecule has 1 aliphatic rings. The van der Waals surface area contributed by atoms with Crippen LogP contribution in [0.3, 0.4) is 0 Å². The highest BCUT2D eigenvalue weighted by atomic mass is 32.2. The molecule has 1 saturated heterocycles. The Bertz CT molecular complexity index is 548. The molecule has 7 heteroatoms. The van der Waals surface area contributed by atoms with Crippen LogP contribution in [0, 0.1) is 5.41 Å². The van der Waals surface area contributed by atoms with Crippen LogP contribution in [-0.4, -0.2) is 40.8 Å². The van der Waals surface area contributed by atoms with E-state index in [9.17, 15) is 18.3 Å². The first kappa shape index (κ1) is 12.1. The second-order valence-electron chi connectivity index (χ2n) is 4.59. The number of rotatable bonds is 3. The average molecular weight is 258 g/mol. The molecule has 2 rings (SSSR count). The molecule has 0 aliphatic carbocycles. The zero-order valence-corrected chi connectivity index (χ0v) is 10.3. The molecule has 94 valence electrons. The summed E-state index contributed by atoms with van der Waals surface area (Å²) in [6, 6.07) is 1.72. The molecule has 1 aliphatic heterocycles. The number of sulfone groups is 1. The normalized spacial score (nSPS) is 27.1. The van der Waals surface area contributed by atoms with E-state index in [1.807, 2.05) is 0 Å². The van der Waals surface area contributed by atoms with Gasteiger partial charge < -0.3 is 5.11 Å². The highest BCUT2D eigenvalue weighted by molar-refractivity contribution is 7.91. The maximum atomic E-state index is 11.5. The van der Waals surface area contributed by atoms with Crippen molar-refractivity contribution in [3.05, 3.63) is 18.0 Å². The van der Waals surface area contributed by atoms with Crippen LogP contribution in [-0.2, 0) is 28.1 Å². The lowest BCUT2D eigenvalue weighted by molar-refractivity contribution is -0.147. The zero-order chi connectivity index (χ0) is 12.7. The van der Waals surface area contributed by atoms with E-state index < -0.39 is 21.2 Å². The van der Waals surface area contributed by atoms with Gasteiger partial charge in [0.15, 0.2) is 9.84 Å². The van der Waals surface area contributed by atoms with E-state index in [4.69, 9.17) is 0 Å². The topological polar surface area (TPSA) is 89.3 Å². The third kappa shape index (κ3) is 2.33. The molecule has 0 spiro atoms. The number of carbonyl (C=O) groups is 1. The second-order valence-corrected chi connectivity index (χ2v) is 6.77. The van der Waals surface area contributed by atoms with E-state index >= 15 is 0 Å². The van der Waals surface area contributed by atoms with Crippen molar-refractivity contribution in [3.63, 3.8) is 0 Å². The number of nitrogens with zero attached hydrogens (tertiary/aromatic N) is 2. The van der Waals surface area contributed by atoms with E-state index in [1.54, 1.807) is 24.0 Å². The lowest BCUT2D eigenvalue weighted by Gasteiger charge is -2.20. The van der Waals surface area contributed by atoms with E-state index in [0.29, 0.717) is 5.69 Å². The SMILES string of the molecule is Cn1ccc(CC2(C(=O)O)CCS(=O)(=O)C2)n1. The number of hydrogen-bond donors (Lipinski definition) is 1. The van der Waals surface area contributed by atoms with Crippen LogP contribution in [0.4, 0.5) is 0 Å². The number of aryl methyl sites for hydroxylation is 1. The summed E-state index contributed by atoms with van der Waals surface area (Å²) in [5, 5.41) is 13.4. The predicted octanol–water partition coefficient (Wildman–Crippen LogP) is -0.148. The molecule has 1 atom stereocenters. The summed E-state index contributed by atoms with van der Waals surface area (Å²) in [6.45, 7) is 0. The van der Waals surface area contributed by atoms with Crippen molar-refractivity contribution in [1.29, 1.82) is 0 Å². The smallest absolute Gasteiger partial charge is 0.311 e. The molecule has 1 fully saturated rings. The largest absolute Gasteiger partial charge is 0.481 e. The van der Waals surface area contributed by atoms with Crippen LogP contribution in [0.25, 0.3) is 0 Å². The number of hydrogen-bond acceptors (Lipinski definition) is 4. The van der Waals surface area contributed by atoms with E-state index in [0.717, 1.165) is 0 Å². The Morgan fingerprint density at radius 3 is 2.76 bits per heavy atom. The fourth-order valence-electron chi connectivity index (χ4n) is 2.20. The van der Waals surface area contributed by atoms with Crippen molar-refractivity contribution < 1.29 is 18.3 Å². The third-order valence-corrected chi connectivity index (χ3v) is 4.95. The van der Waals surface area contributed by atoms with Crippen LogP contribution in [0.1, 0.15) is 12.1 Å². The Balaban J connectivity index is 2.28. The average Bonchev–Trinajstić information content (AvgIpc) is 2.72. The molecule has 17 heavy (non-hydrogen) atoms. The molecule has 0 saturated carbocycles. The van der Waals surface area contributed by atoms with E-state index in [2.05, 4.69) is 5.10 Å². The molecule has 1 aromatic rings. The summed E-state index contributed by atoms with van der Waals surface area (Å²) in [5.41, 5.74) is -0.584. The molecule has 1 aromatic heterocycles. The van der Waals surface area contributed by atoms with E-state index in [-0.39, 0.29) is 24.3 Å². The minimum Gasteiger partial charge on any atom is -0.481 e. The van der Waals surface area contributed by atoms with Gasteiger partial charge >= 0.3 is 5.97 Å². The number of aromatic nitrogens is 2. The van der Waals surface area contributed by atoms with Gasteiger partial charge in [-0.2, -0.15) is 5.10 Å². The third-order valence-electron chi connectivity index (χ3n) is 3.13. The van der Waals surface area contributed by atoms with Crippen LogP contribution in [0.5, 0.6) is 0 Å². The van der Waals surface area contributed by atoms with Gasteiger partial charge in [-0.3, -0.25) is 9.48 Å². The highest BCUT2D eigenvalue weighted by Crippen LogP contribution is 2.35. The molecule has 0 amide bonds. The molecule has 2 heterocycles. The predicted molar refractivity (Wildman–Crippen MR) is 60.3 cm³/mol. The Morgan fingerprint density at radius 2 is 2.35 bits per heavy atom. The minimum absolute atomic E-state index is 0.0495. The van der Waals surface area contributed by atoms with Crippen molar-refractivity contribution in [3.8, 4) is 0 Å². The zero-order valence-electron chi connectivity index (χ0n) is 9.46. The molecule has 0 bridgehead atoms. The van der Waals surface area contributed by atoms with Crippen LogP contribution < -0.4 is 0 Å². The Morgan fingerprint density at radius 1 is 1.65 bits per heavy atom. The molecule has 1 N–H and O–H groups in total. The van der Waals surface area contributed by atoms with Crippen LogP contribution in [0.15, 0.2) is 12.3 Å². The van der Waals surface area contributed by atoms with Crippen molar-refractivity contribution in [1.82, 2.24) is 9.78 Å². The van der Waals surface area contributed by atoms with Crippen LogP contribution >= 0.6 is 0 Å². The maximum Gasteiger partial charge on any atom is 0.311 e. The number of carboxylic acids is 1. The first-order chi connectivity index (χ1) is 7.83. The maximum absolute atomic E-state index is 11.5. The molecule has 6 nitrogen and oxygen atoms in total. The van der Waals surface area contributed by atoms with Crippen LogP contribution in [0.2, 0.25) is 0 Å². The van der Waals surface area contributed by atoms with Gasteiger partial charge in [0.25, 0.3) is 0 Å². The fourth-order valence-corrected chi connectivity index (χ4v) is 4.26. The van der Waals surface area contributed by atoms with Crippen molar-refractivity contribution in [2.24, 2.45) is 12.5 Å². The van der Waals surface area contributed by atoms with Gasteiger partial charge in [-0.1, -0.05) is 0 Å². The molecule has 1 unspecified atom stereocenters. The quantitative estimate of drug-likeness (QED) is 0.814. The second kappa shape index (κ2) is 3.83. The summed E-state index contributed by atoms with van der Waals surface area (Å²) in [4.78, 5) is 11.3. The summed E-state index contributed by atoms with van der Waals surface area (Å²) >= 11 is 0. The highest BCUT2D eigenvalue weighted by Gasteiger charge is 2.48. The summed E-state index contributed by atoms with van der Waals surface area (Å²) in [6.07, 6.45) is 2.05. The Kier molecular flexibility index (Phi) is 2.73. The van der Waals surface area contributed by atoms with Crippen molar-refractivity contribution >= 4 is 15.8 Å². The van der Waals surface area contributed by atoms with Gasteiger partial charge in [-0.15, -0.1) is 0 Å². The first-order valence-corrected chi connectivity index (χ1v) is 7.08. The van der Waals surface area contributed by atoms with Gasteiger partial charge in [0.1, 0.15) is 0 Å². The first-order valence-electron chi connectivity index (χ1n) is 5.25. The molecule has 0 aromatic carbocycles. The number of aliphatic carboxylic acids is 1. The van der Waals surface area contributed by atoms with E-state index in [1.165, 1.54) is 0 Å². The Labute approximate surface area is 99.2 Å². The summed E-state index contributed by atoms with van der Waals surface area (Å²) in [7, 11) is -1.49. The summed E-state index contributed by atoms with van der Waals surface area (Å²) in [5.74, 6) is -1.39. The van der Waals surface area contributed by atoms with Crippen molar-refractivity contribution in [2.45, 2.75) is 12.8 Å². The standard InChI is InChI=1S/C10H14N2O4S/c1-12-4-2-8(11-12)6-10(9(13)14)3-5-17(15,16)7-10/h2,4H,3,5-7H2,1H3,(H,13,14). The monoisotopic (exact) mass is 258 g/mol. The van der Waals surface area contributed by atoms with Gasteiger partial charge in [-0.25, -0.2) is 8.42 Å². The number of carboxylic acid groups (broad SMARTS) is 1. The van der Waals surface area contributed by atoms with Gasteiger partial charge in [0.05, 0.1) is 22.6 Å². The minimum atomic E-state index is -3.23. The molecule has 0 radical (unpaired) electrons. The lowest BCUT2D eigenvalue weighted by Crippen LogP contribution is -2.34. The Hall–Kier alpha value is -1.37. The molecular weight excluding hydrogens is 244 g/mol. The molecular formula is C10H14N2O4S. The summed E-state index contributed by atoms with van der Waals surface area (Å²) < 4.78 is 24.5. The van der Waals surface area contributed by atoms with Crippen molar-refractivity contribution in [2.75, 3.05) is 11.5 Å². The lowest BCUT2D eigenvalue weighted by atomic mass is 9.83. The van der Waals surface area contributed by atoms with Gasteiger partial charge in [-0.05, 0) is 12.5 Å². The fraction of sp³-hybridized carbons (Fsp3) is 0.600. The van der Waals surface area contributed by atoms with Gasteiger partial charge in [0, 0.05) is 19.7 Å².